The van der Waals surface area contributed by atoms with E-state index in [0.29, 0.717) is 24.9 Å². The van der Waals surface area contributed by atoms with Crippen molar-refractivity contribution < 1.29 is 9.26 Å². The lowest BCUT2D eigenvalue weighted by molar-refractivity contribution is 0.0698. The summed E-state index contributed by atoms with van der Waals surface area (Å²) < 4.78 is 10.7. The van der Waals surface area contributed by atoms with E-state index in [9.17, 15) is 0 Å². The SMILES string of the molecule is CCCc1nc(COCC2(N)CCCC2)no1. The predicted octanol–water partition coefficient (Wildman–Crippen LogP) is 1.81. The Morgan fingerprint density at radius 1 is 1.41 bits per heavy atom. The highest BCUT2D eigenvalue weighted by Crippen LogP contribution is 2.27. The molecule has 0 unspecified atom stereocenters. The van der Waals surface area contributed by atoms with Gasteiger partial charge in [-0.3, -0.25) is 0 Å². The highest BCUT2D eigenvalue weighted by molar-refractivity contribution is 4.90. The molecule has 2 rings (SSSR count). The zero-order chi connectivity index (χ0) is 12.1. The first-order valence-corrected chi connectivity index (χ1v) is 6.40. The molecule has 5 heteroatoms. The first-order chi connectivity index (χ1) is 8.22. The number of aryl methyl sites for hydroxylation is 1. The van der Waals surface area contributed by atoms with Gasteiger partial charge in [-0.25, -0.2) is 0 Å². The third kappa shape index (κ3) is 3.51. The van der Waals surface area contributed by atoms with Gasteiger partial charge in [0.15, 0.2) is 5.82 Å². The van der Waals surface area contributed by atoms with Gasteiger partial charge in [0.1, 0.15) is 6.61 Å². The Kier molecular flexibility index (Phi) is 4.12. The summed E-state index contributed by atoms with van der Waals surface area (Å²) in [4.78, 5) is 4.24. The van der Waals surface area contributed by atoms with Gasteiger partial charge in [0.25, 0.3) is 0 Å². The van der Waals surface area contributed by atoms with Gasteiger partial charge in [-0.05, 0) is 19.3 Å². The molecule has 0 aliphatic heterocycles. The summed E-state index contributed by atoms with van der Waals surface area (Å²) in [5.41, 5.74) is 6.06. The Morgan fingerprint density at radius 2 is 2.18 bits per heavy atom. The second-order valence-corrected chi connectivity index (χ2v) is 4.92. The zero-order valence-corrected chi connectivity index (χ0v) is 10.4. The number of nitrogens with two attached hydrogens (primary N) is 1. The second kappa shape index (κ2) is 5.60. The largest absolute Gasteiger partial charge is 0.371 e. The number of ether oxygens (including phenoxy) is 1. The second-order valence-electron chi connectivity index (χ2n) is 4.92. The lowest BCUT2D eigenvalue weighted by Gasteiger charge is -2.22. The van der Waals surface area contributed by atoms with E-state index in [1.807, 2.05) is 0 Å². The molecule has 0 saturated heterocycles. The molecule has 1 aliphatic carbocycles. The third-order valence-corrected chi connectivity index (χ3v) is 3.19. The number of nitrogens with zero attached hydrogens (tertiary/aromatic N) is 2. The molecule has 0 spiro atoms. The molecule has 0 bridgehead atoms. The highest BCUT2D eigenvalue weighted by atomic mass is 16.5. The van der Waals surface area contributed by atoms with E-state index in [1.54, 1.807) is 0 Å². The van der Waals surface area contributed by atoms with Gasteiger partial charge in [0, 0.05) is 12.0 Å². The van der Waals surface area contributed by atoms with Crippen LogP contribution in [0.1, 0.15) is 50.7 Å². The Bertz CT molecular complexity index is 345. The van der Waals surface area contributed by atoms with Crippen molar-refractivity contribution in [1.29, 1.82) is 0 Å². The Balaban J connectivity index is 1.73. The van der Waals surface area contributed by atoms with Crippen LogP contribution in [0.2, 0.25) is 0 Å². The van der Waals surface area contributed by atoms with Crippen molar-refractivity contribution in [2.45, 2.75) is 57.6 Å². The van der Waals surface area contributed by atoms with Crippen molar-refractivity contribution in [1.82, 2.24) is 10.1 Å². The lowest BCUT2D eigenvalue weighted by Crippen LogP contribution is -2.41. The van der Waals surface area contributed by atoms with Crippen LogP contribution in [0.4, 0.5) is 0 Å². The average molecular weight is 239 g/mol. The summed E-state index contributed by atoms with van der Waals surface area (Å²) in [5, 5.41) is 3.87. The topological polar surface area (TPSA) is 74.2 Å². The minimum Gasteiger partial charge on any atom is -0.371 e. The summed E-state index contributed by atoms with van der Waals surface area (Å²) in [7, 11) is 0. The molecule has 0 aromatic carbocycles. The minimum absolute atomic E-state index is 0.129. The molecule has 17 heavy (non-hydrogen) atoms. The average Bonchev–Trinajstić information content (AvgIpc) is 2.90. The molecule has 1 saturated carbocycles. The number of hydrogen-bond donors (Lipinski definition) is 1. The first-order valence-electron chi connectivity index (χ1n) is 6.40. The molecule has 1 fully saturated rings. The molecule has 1 aromatic heterocycles. The van der Waals surface area contributed by atoms with Gasteiger partial charge in [-0.15, -0.1) is 0 Å². The van der Waals surface area contributed by atoms with Gasteiger partial charge in [0.05, 0.1) is 6.61 Å². The Labute approximate surface area is 102 Å². The van der Waals surface area contributed by atoms with E-state index in [2.05, 4.69) is 17.1 Å². The fourth-order valence-electron chi connectivity index (χ4n) is 2.23. The maximum absolute atomic E-state index is 6.19. The standard InChI is InChI=1S/C12H21N3O2/c1-2-5-11-14-10(15-17-11)8-16-9-12(13)6-3-4-7-12/h2-9,13H2,1H3. The smallest absolute Gasteiger partial charge is 0.226 e. The van der Waals surface area contributed by atoms with Crippen LogP contribution < -0.4 is 5.73 Å². The van der Waals surface area contributed by atoms with Crippen LogP contribution >= 0.6 is 0 Å². The number of aromatic nitrogens is 2. The molecule has 0 radical (unpaired) electrons. The van der Waals surface area contributed by atoms with E-state index >= 15 is 0 Å². The van der Waals surface area contributed by atoms with Crippen molar-refractivity contribution in [3.63, 3.8) is 0 Å². The van der Waals surface area contributed by atoms with Crippen molar-refractivity contribution >= 4 is 0 Å². The van der Waals surface area contributed by atoms with Crippen LogP contribution in [-0.2, 0) is 17.8 Å². The molecule has 0 amide bonds. The van der Waals surface area contributed by atoms with E-state index in [1.165, 1.54) is 12.8 Å². The maximum Gasteiger partial charge on any atom is 0.226 e. The summed E-state index contributed by atoms with van der Waals surface area (Å²) in [5.74, 6) is 1.31. The summed E-state index contributed by atoms with van der Waals surface area (Å²) in [6.07, 6.45) is 6.37. The zero-order valence-electron chi connectivity index (χ0n) is 10.4. The summed E-state index contributed by atoms with van der Waals surface area (Å²) in [6, 6.07) is 0. The Hall–Kier alpha value is -0.940. The molecule has 5 nitrogen and oxygen atoms in total. The summed E-state index contributed by atoms with van der Waals surface area (Å²) >= 11 is 0. The van der Waals surface area contributed by atoms with Crippen molar-refractivity contribution in [2.24, 2.45) is 5.73 Å². The van der Waals surface area contributed by atoms with Gasteiger partial charge in [0.2, 0.25) is 5.89 Å². The highest BCUT2D eigenvalue weighted by Gasteiger charge is 2.29. The molecule has 2 N–H and O–H groups in total. The van der Waals surface area contributed by atoms with E-state index < -0.39 is 0 Å². The van der Waals surface area contributed by atoms with Gasteiger partial charge < -0.3 is 15.0 Å². The van der Waals surface area contributed by atoms with Crippen LogP contribution in [-0.4, -0.2) is 22.3 Å². The van der Waals surface area contributed by atoms with Crippen molar-refractivity contribution in [3.8, 4) is 0 Å². The molecule has 1 aliphatic rings. The van der Waals surface area contributed by atoms with Crippen LogP contribution in [0, 0.1) is 0 Å². The Morgan fingerprint density at radius 3 is 2.88 bits per heavy atom. The molecule has 1 heterocycles. The quantitative estimate of drug-likeness (QED) is 0.819. The van der Waals surface area contributed by atoms with Crippen molar-refractivity contribution in [2.75, 3.05) is 6.61 Å². The minimum atomic E-state index is -0.129. The van der Waals surface area contributed by atoms with E-state index in [0.717, 1.165) is 25.7 Å². The molecular formula is C12H21N3O2. The first kappa shape index (κ1) is 12.5. The molecule has 96 valence electrons. The van der Waals surface area contributed by atoms with Crippen LogP contribution in [0.15, 0.2) is 4.52 Å². The van der Waals surface area contributed by atoms with E-state index in [-0.39, 0.29) is 5.54 Å². The van der Waals surface area contributed by atoms with E-state index in [4.69, 9.17) is 15.0 Å². The number of rotatable bonds is 6. The molecular weight excluding hydrogens is 218 g/mol. The van der Waals surface area contributed by atoms with Gasteiger partial charge in [-0.2, -0.15) is 4.98 Å². The van der Waals surface area contributed by atoms with Gasteiger partial charge >= 0.3 is 0 Å². The molecule has 1 aromatic rings. The monoisotopic (exact) mass is 239 g/mol. The summed E-state index contributed by atoms with van der Waals surface area (Å²) in [6.45, 7) is 3.06. The maximum atomic E-state index is 6.19. The van der Waals surface area contributed by atoms with Crippen molar-refractivity contribution in [3.05, 3.63) is 11.7 Å². The normalized spacial score (nSPS) is 18.7. The number of hydrogen-bond acceptors (Lipinski definition) is 5. The lowest BCUT2D eigenvalue weighted by atomic mass is 10.0. The predicted molar refractivity (Wildman–Crippen MR) is 63.3 cm³/mol. The van der Waals surface area contributed by atoms with Gasteiger partial charge in [-0.1, -0.05) is 24.9 Å². The van der Waals surface area contributed by atoms with Crippen LogP contribution in [0.25, 0.3) is 0 Å². The van der Waals surface area contributed by atoms with Crippen LogP contribution in [0.3, 0.4) is 0 Å². The fourth-order valence-corrected chi connectivity index (χ4v) is 2.23. The molecule has 0 atom stereocenters. The fraction of sp³-hybridized carbons (Fsp3) is 0.833. The van der Waals surface area contributed by atoms with Crippen LogP contribution in [0.5, 0.6) is 0 Å². The third-order valence-electron chi connectivity index (χ3n) is 3.19.